The predicted octanol–water partition coefficient (Wildman–Crippen LogP) is 3.19. The van der Waals surface area contributed by atoms with E-state index in [4.69, 9.17) is 4.98 Å². The molecule has 0 saturated heterocycles. The summed E-state index contributed by atoms with van der Waals surface area (Å²) >= 11 is 2.09. The standard InChI is InChI=1S/C13H19IN2O/c1-12(2,3)9-8(14)11(17)16-10(15-9)7-6-13(7,4)5/h7H,6H2,1-5H3,(H,15,16,17). The van der Waals surface area contributed by atoms with Crippen molar-refractivity contribution in [2.75, 3.05) is 0 Å². The van der Waals surface area contributed by atoms with Crippen LogP contribution in [0.5, 0.6) is 0 Å². The van der Waals surface area contributed by atoms with Crippen LogP contribution in [-0.2, 0) is 5.41 Å². The summed E-state index contributed by atoms with van der Waals surface area (Å²) in [5, 5.41) is 0. The second-order valence-electron chi connectivity index (χ2n) is 6.61. The van der Waals surface area contributed by atoms with E-state index in [1.165, 1.54) is 0 Å². The molecule has 0 radical (unpaired) electrons. The van der Waals surface area contributed by atoms with Crippen LogP contribution in [0.3, 0.4) is 0 Å². The smallest absolute Gasteiger partial charge is 0.264 e. The van der Waals surface area contributed by atoms with Crippen molar-refractivity contribution in [3.8, 4) is 0 Å². The molecule has 94 valence electrons. The molecule has 2 rings (SSSR count). The van der Waals surface area contributed by atoms with Crippen LogP contribution in [-0.4, -0.2) is 9.97 Å². The van der Waals surface area contributed by atoms with Gasteiger partial charge in [-0.15, -0.1) is 0 Å². The van der Waals surface area contributed by atoms with Gasteiger partial charge in [-0.2, -0.15) is 0 Å². The number of nitrogens with one attached hydrogen (secondary N) is 1. The summed E-state index contributed by atoms with van der Waals surface area (Å²) in [5.74, 6) is 1.28. The Labute approximate surface area is 116 Å². The first-order valence-electron chi connectivity index (χ1n) is 5.93. The van der Waals surface area contributed by atoms with Crippen LogP contribution in [0.25, 0.3) is 0 Å². The number of nitrogens with zero attached hydrogens (tertiary/aromatic N) is 1. The third-order valence-corrected chi connectivity index (χ3v) is 4.44. The first kappa shape index (κ1) is 13.1. The van der Waals surface area contributed by atoms with Crippen molar-refractivity contribution in [1.29, 1.82) is 0 Å². The second-order valence-corrected chi connectivity index (χ2v) is 7.69. The molecular formula is C13H19IN2O. The fourth-order valence-corrected chi connectivity index (χ4v) is 3.14. The average Bonchev–Trinajstić information content (AvgIpc) is 2.78. The van der Waals surface area contributed by atoms with Crippen molar-refractivity contribution in [1.82, 2.24) is 9.97 Å². The van der Waals surface area contributed by atoms with Crippen molar-refractivity contribution in [3.05, 3.63) is 25.4 Å². The summed E-state index contributed by atoms with van der Waals surface area (Å²) in [6.07, 6.45) is 1.11. The highest BCUT2D eigenvalue weighted by molar-refractivity contribution is 14.1. The van der Waals surface area contributed by atoms with E-state index >= 15 is 0 Å². The van der Waals surface area contributed by atoms with E-state index in [-0.39, 0.29) is 16.4 Å². The second kappa shape index (κ2) is 3.80. The Hall–Kier alpha value is -0.390. The molecule has 1 saturated carbocycles. The van der Waals surface area contributed by atoms with Gasteiger partial charge in [-0.1, -0.05) is 34.6 Å². The zero-order chi connectivity index (χ0) is 13.0. The predicted molar refractivity (Wildman–Crippen MR) is 77.4 cm³/mol. The van der Waals surface area contributed by atoms with Crippen LogP contribution >= 0.6 is 22.6 Å². The van der Waals surface area contributed by atoms with Crippen molar-refractivity contribution in [2.24, 2.45) is 5.41 Å². The lowest BCUT2D eigenvalue weighted by molar-refractivity contribution is 0.547. The molecule has 1 N–H and O–H groups in total. The first-order chi connectivity index (χ1) is 7.63. The lowest BCUT2D eigenvalue weighted by Gasteiger charge is -2.20. The zero-order valence-corrected chi connectivity index (χ0v) is 13.2. The lowest BCUT2D eigenvalue weighted by atomic mass is 9.92. The van der Waals surface area contributed by atoms with Gasteiger partial charge in [0.25, 0.3) is 5.56 Å². The highest BCUT2D eigenvalue weighted by atomic mass is 127. The van der Waals surface area contributed by atoms with Crippen LogP contribution in [0.2, 0.25) is 0 Å². The molecule has 3 nitrogen and oxygen atoms in total. The van der Waals surface area contributed by atoms with Crippen molar-refractivity contribution in [2.45, 2.75) is 52.4 Å². The number of aromatic amines is 1. The van der Waals surface area contributed by atoms with E-state index < -0.39 is 0 Å². The number of halogens is 1. The molecule has 0 bridgehead atoms. The molecule has 0 aliphatic heterocycles. The van der Waals surface area contributed by atoms with Gasteiger partial charge in [-0.05, 0) is 34.4 Å². The van der Waals surface area contributed by atoms with Crippen LogP contribution in [0.15, 0.2) is 4.79 Å². The molecule has 1 aromatic heterocycles. The summed E-state index contributed by atoms with van der Waals surface area (Å²) in [6, 6.07) is 0. The summed E-state index contributed by atoms with van der Waals surface area (Å²) in [5.41, 5.74) is 1.12. The van der Waals surface area contributed by atoms with Crippen LogP contribution in [0, 0.1) is 8.99 Å². The van der Waals surface area contributed by atoms with Crippen molar-refractivity contribution in [3.63, 3.8) is 0 Å². The maximum Gasteiger partial charge on any atom is 0.264 e. The monoisotopic (exact) mass is 346 g/mol. The van der Waals surface area contributed by atoms with E-state index in [1.54, 1.807) is 0 Å². The molecule has 1 unspecified atom stereocenters. The Kier molecular flexibility index (Phi) is 2.92. The van der Waals surface area contributed by atoms with Gasteiger partial charge < -0.3 is 4.98 Å². The van der Waals surface area contributed by atoms with Gasteiger partial charge in [-0.25, -0.2) is 4.98 Å². The van der Waals surface area contributed by atoms with Crippen LogP contribution in [0.1, 0.15) is 58.5 Å². The molecule has 1 aliphatic rings. The minimum absolute atomic E-state index is 0.00299. The summed E-state index contributed by atoms with van der Waals surface area (Å²) in [7, 11) is 0. The maximum atomic E-state index is 11.9. The Bertz CT molecular complexity index is 511. The number of aromatic nitrogens is 2. The molecule has 0 amide bonds. The van der Waals surface area contributed by atoms with Crippen molar-refractivity contribution < 1.29 is 0 Å². The quantitative estimate of drug-likeness (QED) is 0.794. The van der Waals surface area contributed by atoms with Gasteiger partial charge in [0.05, 0.1) is 5.69 Å². The molecule has 1 atom stereocenters. The minimum atomic E-state index is -0.0848. The lowest BCUT2D eigenvalue weighted by Crippen LogP contribution is -2.25. The Morgan fingerprint density at radius 1 is 1.41 bits per heavy atom. The Morgan fingerprint density at radius 3 is 2.35 bits per heavy atom. The maximum absolute atomic E-state index is 11.9. The first-order valence-corrected chi connectivity index (χ1v) is 7.01. The van der Waals surface area contributed by atoms with Crippen molar-refractivity contribution >= 4 is 22.6 Å². The third kappa shape index (κ3) is 2.41. The molecule has 1 fully saturated rings. The highest BCUT2D eigenvalue weighted by Gasteiger charge is 2.48. The summed E-state index contributed by atoms with van der Waals surface area (Å²) in [6.45, 7) is 10.7. The van der Waals surface area contributed by atoms with E-state index in [0.29, 0.717) is 5.92 Å². The summed E-state index contributed by atoms with van der Waals surface area (Å²) in [4.78, 5) is 19.6. The molecular weight excluding hydrogens is 327 g/mol. The molecule has 1 heterocycles. The fourth-order valence-electron chi connectivity index (χ4n) is 2.07. The van der Waals surface area contributed by atoms with E-state index in [9.17, 15) is 4.79 Å². The SMILES string of the molecule is CC(C)(C)c1nc(C2CC2(C)C)[nH]c(=O)c1I. The molecule has 1 aliphatic carbocycles. The van der Waals surface area contributed by atoms with Gasteiger partial charge in [-0.3, -0.25) is 4.79 Å². The topological polar surface area (TPSA) is 45.8 Å². The largest absolute Gasteiger partial charge is 0.309 e. The van der Waals surface area contributed by atoms with Crippen LogP contribution in [0.4, 0.5) is 0 Å². The number of hydrogen-bond acceptors (Lipinski definition) is 2. The normalized spacial score (nSPS) is 22.6. The molecule has 0 spiro atoms. The Morgan fingerprint density at radius 2 is 1.94 bits per heavy atom. The average molecular weight is 346 g/mol. The molecule has 17 heavy (non-hydrogen) atoms. The van der Waals surface area contributed by atoms with E-state index in [0.717, 1.165) is 21.5 Å². The van der Waals surface area contributed by atoms with Crippen LogP contribution < -0.4 is 5.56 Å². The summed E-state index contributed by atoms with van der Waals surface area (Å²) < 4.78 is 0.720. The Balaban J connectivity index is 2.52. The molecule has 1 aromatic rings. The highest BCUT2D eigenvalue weighted by Crippen LogP contribution is 2.57. The zero-order valence-electron chi connectivity index (χ0n) is 11.0. The van der Waals surface area contributed by atoms with Gasteiger partial charge in [0.1, 0.15) is 9.39 Å². The number of H-pyrrole nitrogens is 1. The third-order valence-electron chi connectivity index (χ3n) is 3.44. The molecule has 4 heteroatoms. The van der Waals surface area contributed by atoms with Gasteiger partial charge in [0, 0.05) is 11.3 Å². The number of hydrogen-bond donors (Lipinski definition) is 1. The fraction of sp³-hybridized carbons (Fsp3) is 0.692. The van der Waals surface area contributed by atoms with E-state index in [1.807, 2.05) is 0 Å². The number of rotatable bonds is 1. The minimum Gasteiger partial charge on any atom is -0.309 e. The van der Waals surface area contributed by atoms with E-state index in [2.05, 4.69) is 62.2 Å². The molecule has 0 aromatic carbocycles. The van der Waals surface area contributed by atoms with Gasteiger partial charge >= 0.3 is 0 Å². The van der Waals surface area contributed by atoms with Gasteiger partial charge in [0.15, 0.2) is 0 Å². The van der Waals surface area contributed by atoms with Gasteiger partial charge in [0.2, 0.25) is 0 Å².